The first-order valence-electron chi connectivity index (χ1n) is 6.41. The van der Waals surface area contributed by atoms with Gasteiger partial charge in [0, 0.05) is 0 Å². The first-order valence-corrected chi connectivity index (χ1v) is 7.85. The van der Waals surface area contributed by atoms with Gasteiger partial charge in [0.15, 0.2) is 0 Å². The molecule has 22 heavy (non-hydrogen) atoms. The van der Waals surface area contributed by atoms with Crippen LogP contribution in [0.1, 0.15) is 11.1 Å². The van der Waals surface area contributed by atoms with E-state index in [4.69, 9.17) is 0 Å². The molecule has 3 aromatic rings. The van der Waals surface area contributed by atoms with Gasteiger partial charge in [-0.05, 0) is 43.2 Å². The van der Waals surface area contributed by atoms with Crippen molar-refractivity contribution in [3.05, 3.63) is 41.5 Å². The van der Waals surface area contributed by atoms with Crippen LogP contribution in [0.2, 0.25) is 0 Å². The summed E-state index contributed by atoms with van der Waals surface area (Å²) in [7, 11) is -4.40. The molecule has 1 aromatic heterocycles. The third kappa shape index (κ3) is 2.32. The van der Waals surface area contributed by atoms with Crippen molar-refractivity contribution >= 4 is 21.2 Å². The second kappa shape index (κ2) is 4.79. The zero-order valence-electron chi connectivity index (χ0n) is 11.8. The number of hydrogen-bond acceptors (Lipinski definition) is 5. The Morgan fingerprint density at radius 3 is 2.55 bits per heavy atom. The van der Waals surface area contributed by atoms with E-state index in [-0.39, 0.29) is 16.2 Å². The van der Waals surface area contributed by atoms with Crippen LogP contribution >= 0.6 is 0 Å². The number of phenols is 1. The lowest BCUT2D eigenvalue weighted by atomic mass is 10.1. The number of aromatic nitrogens is 3. The van der Waals surface area contributed by atoms with Gasteiger partial charge in [-0.3, -0.25) is 4.55 Å². The van der Waals surface area contributed by atoms with E-state index >= 15 is 0 Å². The van der Waals surface area contributed by atoms with Crippen molar-refractivity contribution in [2.24, 2.45) is 0 Å². The van der Waals surface area contributed by atoms with Crippen molar-refractivity contribution in [3.8, 4) is 11.4 Å². The van der Waals surface area contributed by atoms with Crippen LogP contribution in [0.4, 0.5) is 0 Å². The van der Waals surface area contributed by atoms with Gasteiger partial charge in [0.2, 0.25) is 0 Å². The van der Waals surface area contributed by atoms with Crippen LogP contribution in [0.5, 0.6) is 5.75 Å². The van der Waals surface area contributed by atoms with Gasteiger partial charge in [0.25, 0.3) is 10.1 Å². The van der Waals surface area contributed by atoms with Crippen molar-refractivity contribution in [2.45, 2.75) is 18.7 Å². The van der Waals surface area contributed by atoms with Gasteiger partial charge in [-0.2, -0.15) is 8.42 Å². The SMILES string of the molecule is Cc1cc(C)c(O)c(-n2nc3cccc(S(=O)(=O)O)c3n2)c1. The third-order valence-electron chi connectivity index (χ3n) is 3.29. The Labute approximate surface area is 126 Å². The normalized spacial score (nSPS) is 12.0. The van der Waals surface area contributed by atoms with E-state index in [0.717, 1.165) is 10.4 Å². The average molecular weight is 319 g/mol. The number of fused-ring (bicyclic) bond motifs is 1. The van der Waals surface area contributed by atoms with Gasteiger partial charge >= 0.3 is 0 Å². The standard InChI is InChI=1S/C14H13N3O4S/c1-8-6-9(2)14(18)11(7-8)17-15-10-4-3-5-12(13(10)16-17)22(19,20)21/h3-7,18H,1-2H3,(H,19,20,21). The van der Waals surface area contributed by atoms with Crippen molar-refractivity contribution in [1.29, 1.82) is 0 Å². The lowest BCUT2D eigenvalue weighted by Gasteiger charge is -2.07. The molecule has 0 amide bonds. The van der Waals surface area contributed by atoms with Crippen LogP contribution in [-0.4, -0.2) is 33.1 Å². The summed E-state index contributed by atoms with van der Waals surface area (Å²) in [5.41, 5.74) is 2.25. The number of phenolic OH excluding ortho intramolecular Hbond substituents is 1. The maximum absolute atomic E-state index is 11.4. The fourth-order valence-corrected chi connectivity index (χ4v) is 2.96. The summed E-state index contributed by atoms with van der Waals surface area (Å²) in [5, 5.41) is 18.4. The summed E-state index contributed by atoms with van der Waals surface area (Å²) in [6.07, 6.45) is 0. The monoisotopic (exact) mass is 319 g/mol. The summed E-state index contributed by atoms with van der Waals surface area (Å²) < 4.78 is 32.0. The van der Waals surface area contributed by atoms with Gasteiger partial charge in [0.1, 0.15) is 27.4 Å². The highest BCUT2D eigenvalue weighted by atomic mass is 32.2. The van der Waals surface area contributed by atoms with Gasteiger partial charge in [-0.15, -0.1) is 15.0 Å². The molecule has 114 valence electrons. The molecule has 0 aliphatic carbocycles. The molecule has 1 heterocycles. The first kappa shape index (κ1) is 14.5. The summed E-state index contributed by atoms with van der Waals surface area (Å²) in [5.74, 6) is 0.0133. The van der Waals surface area contributed by atoms with Crippen molar-refractivity contribution in [3.63, 3.8) is 0 Å². The third-order valence-corrected chi connectivity index (χ3v) is 4.18. The Balaban J connectivity index is 2.31. The van der Waals surface area contributed by atoms with E-state index in [9.17, 15) is 18.1 Å². The molecule has 0 fully saturated rings. The van der Waals surface area contributed by atoms with Gasteiger partial charge in [0.05, 0.1) is 0 Å². The maximum atomic E-state index is 11.4. The first-order chi connectivity index (χ1) is 10.3. The van der Waals surface area contributed by atoms with E-state index in [1.807, 2.05) is 13.0 Å². The largest absolute Gasteiger partial charge is 0.505 e. The molecular weight excluding hydrogens is 306 g/mol. The number of rotatable bonds is 2. The minimum atomic E-state index is -4.40. The predicted octanol–water partition coefficient (Wildman–Crippen LogP) is 1.99. The lowest BCUT2D eigenvalue weighted by molar-refractivity contribution is 0.463. The van der Waals surface area contributed by atoms with Crippen molar-refractivity contribution in [1.82, 2.24) is 15.0 Å². The topological polar surface area (TPSA) is 105 Å². The molecule has 2 N–H and O–H groups in total. The summed E-state index contributed by atoms with van der Waals surface area (Å²) in [6, 6.07) is 7.79. The van der Waals surface area contributed by atoms with E-state index < -0.39 is 10.1 Å². The van der Waals surface area contributed by atoms with E-state index in [1.165, 1.54) is 12.1 Å². The lowest BCUT2D eigenvalue weighted by Crippen LogP contribution is -2.02. The molecule has 0 aliphatic rings. The van der Waals surface area contributed by atoms with Crippen LogP contribution in [0, 0.1) is 13.8 Å². The highest BCUT2D eigenvalue weighted by Gasteiger charge is 2.19. The molecule has 7 nitrogen and oxygen atoms in total. The Bertz CT molecular complexity index is 993. The minimum absolute atomic E-state index is 0.0133. The second-order valence-electron chi connectivity index (χ2n) is 5.04. The van der Waals surface area contributed by atoms with Crippen molar-refractivity contribution < 1.29 is 18.1 Å². The molecule has 0 radical (unpaired) electrons. The van der Waals surface area contributed by atoms with Gasteiger partial charge in [-0.1, -0.05) is 12.1 Å². The number of benzene rings is 2. The van der Waals surface area contributed by atoms with Crippen LogP contribution in [0.25, 0.3) is 16.7 Å². The predicted molar refractivity (Wildman–Crippen MR) is 79.8 cm³/mol. The number of nitrogens with zero attached hydrogens (tertiary/aromatic N) is 3. The average Bonchev–Trinajstić information content (AvgIpc) is 2.84. The molecule has 0 bridgehead atoms. The fourth-order valence-electron chi connectivity index (χ4n) is 2.32. The van der Waals surface area contributed by atoms with E-state index in [1.54, 1.807) is 19.1 Å². The summed E-state index contributed by atoms with van der Waals surface area (Å²) in [4.78, 5) is 0.842. The van der Waals surface area contributed by atoms with Crippen LogP contribution in [0.15, 0.2) is 35.2 Å². The minimum Gasteiger partial charge on any atom is -0.505 e. The van der Waals surface area contributed by atoms with E-state index in [0.29, 0.717) is 16.8 Å². The van der Waals surface area contributed by atoms with Gasteiger partial charge < -0.3 is 5.11 Å². The number of aryl methyl sites for hydroxylation is 2. The molecule has 0 spiro atoms. The molecule has 3 rings (SSSR count). The second-order valence-corrected chi connectivity index (χ2v) is 6.43. The zero-order valence-corrected chi connectivity index (χ0v) is 12.7. The molecule has 0 aliphatic heterocycles. The van der Waals surface area contributed by atoms with Crippen LogP contribution in [0.3, 0.4) is 0 Å². The fraction of sp³-hybridized carbons (Fsp3) is 0.143. The Hall–Kier alpha value is -2.45. The molecule has 0 saturated carbocycles. The molecule has 0 atom stereocenters. The molecule has 0 saturated heterocycles. The summed E-state index contributed by atoms with van der Waals surface area (Å²) in [6.45, 7) is 3.61. The molecule has 8 heteroatoms. The molecule has 2 aromatic carbocycles. The van der Waals surface area contributed by atoms with Crippen molar-refractivity contribution in [2.75, 3.05) is 0 Å². The Kier molecular flexibility index (Phi) is 3.15. The Morgan fingerprint density at radius 1 is 1.14 bits per heavy atom. The van der Waals surface area contributed by atoms with E-state index in [2.05, 4.69) is 10.2 Å². The smallest absolute Gasteiger partial charge is 0.296 e. The Morgan fingerprint density at radius 2 is 1.86 bits per heavy atom. The van der Waals surface area contributed by atoms with Crippen LogP contribution < -0.4 is 0 Å². The number of hydrogen-bond donors (Lipinski definition) is 2. The van der Waals surface area contributed by atoms with Crippen LogP contribution in [-0.2, 0) is 10.1 Å². The molecular formula is C14H13N3O4S. The number of aromatic hydroxyl groups is 1. The molecule has 0 unspecified atom stereocenters. The maximum Gasteiger partial charge on any atom is 0.296 e. The zero-order chi connectivity index (χ0) is 16.1. The summed E-state index contributed by atoms with van der Waals surface area (Å²) >= 11 is 0. The quantitative estimate of drug-likeness (QED) is 0.700. The highest BCUT2D eigenvalue weighted by Crippen LogP contribution is 2.28. The highest BCUT2D eigenvalue weighted by molar-refractivity contribution is 7.86. The van der Waals surface area contributed by atoms with Gasteiger partial charge in [-0.25, -0.2) is 0 Å².